The topological polar surface area (TPSA) is 25.8 Å². The van der Waals surface area contributed by atoms with Gasteiger partial charge in [-0.05, 0) is 132 Å². The second-order valence-electron chi connectivity index (χ2n) is 13.7. The lowest BCUT2D eigenvalue weighted by Gasteiger charge is -2.39. The van der Waals surface area contributed by atoms with Gasteiger partial charge in [-0.3, -0.25) is 9.97 Å². The average molecular weight is 617 g/mol. The van der Waals surface area contributed by atoms with Gasteiger partial charge in [0, 0.05) is 34.3 Å². The van der Waals surface area contributed by atoms with Gasteiger partial charge in [0.2, 0.25) is 0 Å². The lowest BCUT2D eigenvalue weighted by molar-refractivity contribution is -0.939. The zero-order valence-electron chi connectivity index (χ0n) is 30.2. The molecule has 5 rings (SSSR count). The van der Waals surface area contributed by atoms with Crippen molar-refractivity contribution in [3.8, 4) is 22.3 Å². The lowest BCUT2D eigenvalue weighted by Crippen LogP contribution is -2.48. The molecule has 0 atom stereocenters. The molecule has 0 aliphatic rings. The quantitative estimate of drug-likeness (QED) is 0.103. The van der Waals surface area contributed by atoms with Crippen molar-refractivity contribution >= 4 is 21.8 Å². The third-order valence-electron chi connectivity index (χ3n) is 11.4. The summed E-state index contributed by atoms with van der Waals surface area (Å²) in [5, 5.41) is 2.35. The summed E-state index contributed by atoms with van der Waals surface area (Å²) in [5.74, 6) is 0. The van der Waals surface area contributed by atoms with Crippen LogP contribution in [0.5, 0.6) is 0 Å². The van der Waals surface area contributed by atoms with E-state index in [0.29, 0.717) is 0 Å². The number of nitrogens with zero attached hydrogens (tertiary/aromatic N) is 4. The summed E-state index contributed by atoms with van der Waals surface area (Å²) in [5.41, 5.74) is 14.9. The largest absolute Gasteiger partial charge is 0.321 e. The number of benzene rings is 3. The smallest absolute Gasteiger partial charge is 0.105 e. The Morgan fingerprint density at radius 3 is 1.37 bits per heavy atom. The van der Waals surface area contributed by atoms with Crippen LogP contribution < -0.4 is 0 Å². The second kappa shape index (κ2) is 13.6. The Hall–Kier alpha value is -3.60. The van der Waals surface area contributed by atoms with Gasteiger partial charge in [-0.15, -0.1) is 0 Å². The predicted octanol–water partition coefficient (Wildman–Crippen LogP) is 10.1. The molecule has 0 fully saturated rings. The predicted molar refractivity (Wildman–Crippen MR) is 198 cm³/mol. The fourth-order valence-electron chi connectivity index (χ4n) is 7.48. The average Bonchev–Trinajstić information content (AvgIpc) is 3.07. The molecule has 0 radical (unpaired) electrons. The molecule has 0 bridgehead atoms. The van der Waals surface area contributed by atoms with Gasteiger partial charge < -0.3 is 8.97 Å². The highest BCUT2D eigenvalue weighted by molar-refractivity contribution is 6.19. The number of hydrogen-bond donors (Lipinski definition) is 0. The van der Waals surface area contributed by atoms with E-state index in [1.807, 2.05) is 12.4 Å². The van der Waals surface area contributed by atoms with Gasteiger partial charge >= 0.3 is 0 Å². The molecule has 3 aromatic carbocycles. The first-order valence-electron chi connectivity index (χ1n) is 17.7. The zero-order chi connectivity index (χ0) is 33.2. The molecule has 0 saturated carbocycles. The second-order valence-corrected chi connectivity index (χ2v) is 13.7. The molecular formula is C42H56N4+2. The summed E-state index contributed by atoms with van der Waals surface area (Å²) >= 11 is 0. The Balaban J connectivity index is 1.90. The highest BCUT2D eigenvalue weighted by Gasteiger charge is 2.29. The van der Waals surface area contributed by atoms with Gasteiger partial charge in [0.1, 0.15) is 13.1 Å². The van der Waals surface area contributed by atoms with Crippen molar-refractivity contribution in [3.05, 3.63) is 94.3 Å². The summed E-state index contributed by atoms with van der Waals surface area (Å²) in [6, 6.07) is 19.0. The molecule has 0 N–H and O–H groups in total. The monoisotopic (exact) mass is 616 g/mol. The number of pyridine rings is 2. The molecule has 242 valence electrons. The van der Waals surface area contributed by atoms with Gasteiger partial charge in [0.05, 0.1) is 50.3 Å². The molecule has 0 spiro atoms. The van der Waals surface area contributed by atoms with Crippen LogP contribution in [-0.4, -0.2) is 58.2 Å². The molecule has 2 aromatic heterocycles. The Labute approximate surface area is 278 Å². The van der Waals surface area contributed by atoms with E-state index in [1.165, 1.54) is 55.3 Å². The van der Waals surface area contributed by atoms with E-state index in [2.05, 4.69) is 118 Å². The molecule has 4 nitrogen and oxygen atoms in total. The summed E-state index contributed by atoms with van der Waals surface area (Å²) in [7, 11) is 0. The van der Waals surface area contributed by atoms with E-state index in [9.17, 15) is 0 Å². The summed E-state index contributed by atoms with van der Waals surface area (Å²) < 4.78 is 2.20. The molecule has 2 heterocycles. The van der Waals surface area contributed by atoms with Crippen LogP contribution in [0.15, 0.2) is 60.9 Å². The molecule has 4 heteroatoms. The lowest BCUT2D eigenvalue weighted by atomic mass is 9.85. The van der Waals surface area contributed by atoms with Crippen LogP contribution in [0.3, 0.4) is 0 Å². The number of fused-ring (bicyclic) bond motifs is 3. The maximum atomic E-state index is 5.04. The van der Waals surface area contributed by atoms with Crippen LogP contribution in [0.25, 0.3) is 44.1 Å². The molecule has 0 saturated heterocycles. The summed E-state index contributed by atoms with van der Waals surface area (Å²) in [4.78, 5) is 10.1. The molecular weight excluding hydrogens is 560 g/mol. The van der Waals surface area contributed by atoms with Crippen LogP contribution in [0.1, 0.15) is 74.9 Å². The van der Waals surface area contributed by atoms with Gasteiger partial charge in [-0.2, -0.15) is 0 Å². The SMILES string of the molecule is CC[N+](CC)(CC)Cc1ccc(-c2c(-c3ccc(C)c(C)c3)c3cc(C)cnc3c3ncc(C)cc23)cc1C[N+](CC)(CC)CC. The Morgan fingerprint density at radius 1 is 0.478 bits per heavy atom. The van der Waals surface area contributed by atoms with Crippen molar-refractivity contribution in [2.24, 2.45) is 0 Å². The van der Waals surface area contributed by atoms with Gasteiger partial charge in [0.15, 0.2) is 0 Å². The summed E-state index contributed by atoms with van der Waals surface area (Å²) in [6.07, 6.45) is 3.97. The van der Waals surface area contributed by atoms with E-state index >= 15 is 0 Å². The molecule has 5 aromatic rings. The maximum absolute atomic E-state index is 5.04. The van der Waals surface area contributed by atoms with Crippen molar-refractivity contribution in [2.45, 2.75) is 82.3 Å². The van der Waals surface area contributed by atoms with Crippen LogP contribution in [0.4, 0.5) is 0 Å². The number of quaternary nitrogens is 2. The first-order valence-corrected chi connectivity index (χ1v) is 17.7. The highest BCUT2D eigenvalue weighted by Crippen LogP contribution is 2.45. The minimum Gasteiger partial charge on any atom is -0.321 e. The van der Waals surface area contributed by atoms with E-state index < -0.39 is 0 Å². The van der Waals surface area contributed by atoms with E-state index in [1.54, 1.807) is 0 Å². The minimum absolute atomic E-state index is 0.976. The molecule has 46 heavy (non-hydrogen) atoms. The van der Waals surface area contributed by atoms with Crippen molar-refractivity contribution in [1.29, 1.82) is 0 Å². The Bertz CT molecular complexity index is 1840. The Morgan fingerprint density at radius 2 is 0.913 bits per heavy atom. The first kappa shape index (κ1) is 33.8. The standard InChI is InChI=1S/C42H56N4/c1-11-45(12-2,13-3)27-35-20-19-34(24-36(35)28-46(14-4,15-5)16-6)40-38-22-30(8)26-44-42(38)41-37(21-29(7)25-43-41)39(40)33-18-17-31(9)32(10)23-33/h17-26H,11-16,27-28H2,1-10H3/q+2. The molecule has 0 unspecified atom stereocenters. The third-order valence-corrected chi connectivity index (χ3v) is 11.4. The number of aryl methyl sites for hydroxylation is 4. The van der Waals surface area contributed by atoms with Crippen molar-refractivity contribution in [3.63, 3.8) is 0 Å². The highest BCUT2D eigenvalue weighted by atomic mass is 15.4. The fraction of sp³-hybridized carbons (Fsp3) is 0.429. The Kier molecular flexibility index (Phi) is 10.0. The van der Waals surface area contributed by atoms with Crippen molar-refractivity contribution in [2.75, 3.05) is 39.3 Å². The van der Waals surface area contributed by atoms with E-state index in [4.69, 9.17) is 9.97 Å². The number of rotatable bonds is 12. The van der Waals surface area contributed by atoms with Gasteiger partial charge in [0.25, 0.3) is 0 Å². The maximum Gasteiger partial charge on any atom is 0.105 e. The molecule has 0 aliphatic carbocycles. The van der Waals surface area contributed by atoms with Crippen LogP contribution in [-0.2, 0) is 13.1 Å². The number of aromatic nitrogens is 2. The minimum atomic E-state index is 0.976. The fourth-order valence-corrected chi connectivity index (χ4v) is 7.48. The van der Waals surface area contributed by atoms with Crippen molar-refractivity contribution < 1.29 is 8.97 Å². The van der Waals surface area contributed by atoms with Gasteiger partial charge in [-0.1, -0.05) is 30.3 Å². The van der Waals surface area contributed by atoms with Crippen LogP contribution >= 0.6 is 0 Å². The normalized spacial score (nSPS) is 12.4. The zero-order valence-corrected chi connectivity index (χ0v) is 30.2. The summed E-state index contributed by atoms with van der Waals surface area (Å²) in [6.45, 7) is 31.8. The van der Waals surface area contributed by atoms with Crippen LogP contribution in [0.2, 0.25) is 0 Å². The third kappa shape index (κ3) is 6.22. The van der Waals surface area contributed by atoms with E-state index in [0.717, 1.165) is 83.5 Å². The first-order chi connectivity index (χ1) is 22.1. The van der Waals surface area contributed by atoms with Crippen molar-refractivity contribution in [1.82, 2.24) is 9.97 Å². The number of hydrogen-bond acceptors (Lipinski definition) is 2. The van der Waals surface area contributed by atoms with E-state index in [-0.39, 0.29) is 0 Å². The molecule has 0 aliphatic heterocycles. The molecule has 0 amide bonds. The van der Waals surface area contributed by atoms with Gasteiger partial charge in [-0.25, -0.2) is 0 Å². The van der Waals surface area contributed by atoms with Crippen LogP contribution in [0, 0.1) is 27.7 Å².